The Bertz CT molecular complexity index is 1010. The number of rotatable bonds is 17. The highest BCUT2D eigenvalue weighted by Crippen LogP contribution is 2.08. The third-order valence-corrected chi connectivity index (χ3v) is 5.76. The van der Waals surface area contributed by atoms with Crippen molar-refractivity contribution in [2.75, 3.05) is 6.54 Å². The van der Waals surface area contributed by atoms with Crippen LogP contribution in [0.4, 0.5) is 0 Å². The highest BCUT2D eigenvalue weighted by molar-refractivity contribution is 5.94. The number of aliphatic carboxylic acids is 1. The van der Waals surface area contributed by atoms with Gasteiger partial charge >= 0.3 is 5.97 Å². The first-order valence-electron chi connectivity index (χ1n) is 12.6. The number of primary amides is 1. The molecule has 4 unspecified atom stereocenters. The van der Waals surface area contributed by atoms with Crippen molar-refractivity contribution in [3.63, 3.8) is 0 Å². The number of aliphatic imine (C=N–C) groups is 1. The molecule has 4 amide bonds. The van der Waals surface area contributed by atoms with Crippen LogP contribution in [0.25, 0.3) is 0 Å². The fourth-order valence-corrected chi connectivity index (χ4v) is 3.58. The average Bonchev–Trinajstić information content (AvgIpc) is 2.86. The minimum Gasteiger partial charge on any atom is -0.480 e. The highest BCUT2D eigenvalue weighted by atomic mass is 16.4. The molecular formula is C25H40N8O6. The van der Waals surface area contributed by atoms with E-state index in [1.807, 2.05) is 0 Å². The van der Waals surface area contributed by atoms with Crippen LogP contribution in [-0.4, -0.2) is 71.4 Å². The fourth-order valence-electron chi connectivity index (χ4n) is 3.58. The maximum Gasteiger partial charge on any atom is 0.326 e. The van der Waals surface area contributed by atoms with Gasteiger partial charge in [0.1, 0.15) is 18.1 Å². The summed E-state index contributed by atoms with van der Waals surface area (Å²) in [5.74, 6) is -4.60. The average molecular weight is 549 g/mol. The molecule has 0 radical (unpaired) electrons. The van der Waals surface area contributed by atoms with E-state index in [0.717, 1.165) is 5.56 Å². The van der Waals surface area contributed by atoms with Crippen LogP contribution >= 0.6 is 0 Å². The normalized spacial score (nSPS) is 13.8. The molecule has 0 aliphatic carbocycles. The lowest BCUT2D eigenvalue weighted by molar-refractivity contribution is -0.143. The number of hydrogen-bond acceptors (Lipinski definition) is 7. The van der Waals surface area contributed by atoms with E-state index in [1.165, 1.54) is 0 Å². The number of carboxylic acids is 1. The van der Waals surface area contributed by atoms with E-state index in [-0.39, 0.29) is 38.2 Å². The molecule has 39 heavy (non-hydrogen) atoms. The number of carbonyl (C=O) groups excluding carboxylic acids is 4. The SMILES string of the molecule is CC(C)C(NC(=O)C(CCC(N)=O)NC(=O)C(Cc1ccccc1)NC(=O)C(N)CCCN=C(N)N)C(=O)O. The van der Waals surface area contributed by atoms with Gasteiger partial charge in [-0.2, -0.15) is 0 Å². The number of hydrogen-bond donors (Lipinski definition) is 8. The number of nitrogens with two attached hydrogens (primary N) is 4. The molecule has 0 fully saturated rings. The number of guanidine groups is 1. The lowest BCUT2D eigenvalue weighted by Crippen LogP contribution is -2.58. The second-order valence-electron chi connectivity index (χ2n) is 9.44. The quantitative estimate of drug-likeness (QED) is 0.0611. The van der Waals surface area contributed by atoms with E-state index in [1.54, 1.807) is 44.2 Å². The summed E-state index contributed by atoms with van der Waals surface area (Å²) < 4.78 is 0. The van der Waals surface area contributed by atoms with Crippen molar-refractivity contribution in [2.45, 2.75) is 70.1 Å². The van der Waals surface area contributed by atoms with Crippen LogP contribution in [0.2, 0.25) is 0 Å². The van der Waals surface area contributed by atoms with E-state index < -0.39 is 59.7 Å². The van der Waals surface area contributed by atoms with Crippen LogP contribution in [0.3, 0.4) is 0 Å². The Morgan fingerprint density at radius 2 is 1.46 bits per heavy atom. The van der Waals surface area contributed by atoms with Gasteiger partial charge in [0, 0.05) is 19.4 Å². The number of nitrogens with zero attached hydrogens (tertiary/aromatic N) is 1. The van der Waals surface area contributed by atoms with Gasteiger partial charge in [-0.3, -0.25) is 24.2 Å². The molecule has 0 aliphatic rings. The Hall–Kier alpha value is -4.20. The Kier molecular flexibility index (Phi) is 14.0. The molecule has 0 spiro atoms. The number of nitrogens with one attached hydrogen (secondary N) is 3. The first-order chi connectivity index (χ1) is 18.3. The monoisotopic (exact) mass is 548 g/mol. The topological polar surface area (TPSA) is 258 Å². The van der Waals surface area contributed by atoms with Gasteiger partial charge in [-0.1, -0.05) is 44.2 Å². The Morgan fingerprint density at radius 3 is 2.00 bits per heavy atom. The van der Waals surface area contributed by atoms with Crippen LogP contribution < -0.4 is 38.9 Å². The van der Waals surface area contributed by atoms with Crippen LogP contribution in [0.5, 0.6) is 0 Å². The molecule has 216 valence electrons. The predicted molar refractivity (Wildman–Crippen MR) is 145 cm³/mol. The summed E-state index contributed by atoms with van der Waals surface area (Å²) in [6.07, 6.45) is 0.338. The maximum absolute atomic E-state index is 13.3. The number of carbonyl (C=O) groups is 5. The fraction of sp³-hybridized carbons (Fsp3) is 0.520. The van der Waals surface area contributed by atoms with Gasteiger partial charge in [-0.15, -0.1) is 0 Å². The molecular weight excluding hydrogens is 508 g/mol. The molecule has 1 rings (SSSR count). The summed E-state index contributed by atoms with van der Waals surface area (Å²) in [6.45, 7) is 3.51. The van der Waals surface area contributed by atoms with E-state index >= 15 is 0 Å². The first kappa shape index (κ1) is 32.8. The number of amides is 4. The van der Waals surface area contributed by atoms with Crippen molar-refractivity contribution < 1.29 is 29.1 Å². The molecule has 0 saturated heterocycles. The third-order valence-electron chi connectivity index (χ3n) is 5.76. The molecule has 0 saturated carbocycles. The standard InChI is InChI=1S/C25H40N8O6/c1-14(2)20(24(38)39)33-22(36)17(10-11-19(27)34)31-23(37)18(13-15-7-4-3-5-8-15)32-21(35)16(26)9-6-12-30-25(28)29/h3-5,7-8,14,16-18,20H,6,9-13,26H2,1-2H3,(H2,27,34)(H,31,37)(H,32,35)(H,33,36)(H,38,39)(H4,28,29,30). The molecule has 0 aliphatic heterocycles. The lowest BCUT2D eigenvalue weighted by atomic mass is 10.0. The molecule has 0 bridgehead atoms. The molecule has 1 aromatic rings. The highest BCUT2D eigenvalue weighted by Gasteiger charge is 2.31. The van der Waals surface area contributed by atoms with Crippen molar-refractivity contribution in [2.24, 2.45) is 33.8 Å². The van der Waals surface area contributed by atoms with E-state index in [4.69, 9.17) is 22.9 Å². The summed E-state index contributed by atoms with van der Waals surface area (Å²) in [4.78, 5) is 65.8. The Balaban J connectivity index is 3.08. The van der Waals surface area contributed by atoms with Crippen molar-refractivity contribution >= 4 is 35.6 Å². The third kappa shape index (κ3) is 12.7. The smallest absolute Gasteiger partial charge is 0.326 e. The van der Waals surface area contributed by atoms with Crippen LogP contribution in [0.1, 0.15) is 45.1 Å². The Labute approximate surface area is 227 Å². The zero-order chi connectivity index (χ0) is 29.5. The molecule has 14 heteroatoms. The van der Waals surface area contributed by atoms with Crippen molar-refractivity contribution in [3.05, 3.63) is 35.9 Å². The van der Waals surface area contributed by atoms with Gasteiger partial charge in [0.15, 0.2) is 5.96 Å². The number of benzene rings is 1. The molecule has 0 heterocycles. The van der Waals surface area contributed by atoms with Crippen molar-refractivity contribution in [1.29, 1.82) is 0 Å². The summed E-state index contributed by atoms with van der Waals surface area (Å²) in [7, 11) is 0. The molecule has 1 aromatic carbocycles. The minimum absolute atomic E-state index is 0.0764. The van der Waals surface area contributed by atoms with Gasteiger partial charge in [0.25, 0.3) is 0 Å². The van der Waals surface area contributed by atoms with Crippen LogP contribution in [0.15, 0.2) is 35.3 Å². The largest absolute Gasteiger partial charge is 0.480 e. The zero-order valence-electron chi connectivity index (χ0n) is 22.3. The lowest BCUT2D eigenvalue weighted by Gasteiger charge is -2.26. The van der Waals surface area contributed by atoms with Gasteiger partial charge in [-0.25, -0.2) is 4.79 Å². The first-order valence-corrected chi connectivity index (χ1v) is 12.6. The summed E-state index contributed by atoms with van der Waals surface area (Å²) in [5.41, 5.74) is 22.5. The van der Waals surface area contributed by atoms with Crippen molar-refractivity contribution in [3.8, 4) is 0 Å². The second kappa shape index (κ2) is 16.6. The van der Waals surface area contributed by atoms with E-state index in [0.29, 0.717) is 6.42 Å². The maximum atomic E-state index is 13.3. The Morgan fingerprint density at radius 1 is 0.872 bits per heavy atom. The minimum atomic E-state index is -1.28. The van der Waals surface area contributed by atoms with E-state index in [2.05, 4.69) is 20.9 Å². The van der Waals surface area contributed by atoms with Gasteiger partial charge in [0.2, 0.25) is 23.6 Å². The van der Waals surface area contributed by atoms with Crippen LogP contribution in [0, 0.1) is 5.92 Å². The summed E-state index contributed by atoms with van der Waals surface area (Å²) in [6, 6.07) is 4.26. The van der Waals surface area contributed by atoms with Gasteiger partial charge in [-0.05, 0) is 30.7 Å². The molecule has 4 atom stereocenters. The predicted octanol–water partition coefficient (Wildman–Crippen LogP) is -1.93. The van der Waals surface area contributed by atoms with E-state index in [9.17, 15) is 29.1 Å². The van der Waals surface area contributed by atoms with Gasteiger partial charge in [0.05, 0.1) is 6.04 Å². The molecule has 14 nitrogen and oxygen atoms in total. The van der Waals surface area contributed by atoms with Gasteiger partial charge < -0.3 is 44.0 Å². The van der Waals surface area contributed by atoms with Crippen LogP contribution in [-0.2, 0) is 30.4 Å². The molecule has 12 N–H and O–H groups in total. The number of carboxylic acid groups (broad SMARTS) is 1. The zero-order valence-corrected chi connectivity index (χ0v) is 22.3. The summed E-state index contributed by atoms with van der Waals surface area (Å²) >= 11 is 0. The molecule has 0 aromatic heterocycles. The second-order valence-corrected chi connectivity index (χ2v) is 9.44. The summed E-state index contributed by atoms with van der Waals surface area (Å²) in [5, 5.41) is 17.0. The van der Waals surface area contributed by atoms with Crippen molar-refractivity contribution in [1.82, 2.24) is 16.0 Å².